The molecule has 0 N–H and O–H groups in total. The zero-order valence-electron chi connectivity index (χ0n) is 12.1. The van der Waals surface area contributed by atoms with Crippen molar-refractivity contribution < 1.29 is 56.7 Å². The summed E-state index contributed by atoms with van der Waals surface area (Å²) >= 11 is 1.50. The minimum Gasteiger partial charge on any atom is -0.748 e. The molecular weight excluding hydrogens is 327 g/mol. The predicted octanol–water partition coefficient (Wildman–Crippen LogP) is -1.38. The zero-order chi connectivity index (χ0) is 14.6. The summed E-state index contributed by atoms with van der Waals surface area (Å²) in [6.45, 7) is 2.61. The van der Waals surface area contributed by atoms with Crippen molar-refractivity contribution in [3.05, 3.63) is 10.8 Å². The summed E-state index contributed by atoms with van der Waals surface area (Å²) in [6.07, 6.45) is 0.303. The maximum atomic E-state index is 10.9. The van der Waals surface area contributed by atoms with E-state index in [2.05, 4.69) is 0 Å². The van der Waals surface area contributed by atoms with E-state index in [0.29, 0.717) is 25.4 Å². The SMILES string of the molecule is CCC(CCOCC1COc2cscc2O1)S(=O)(=O)[O-].[Na+]. The van der Waals surface area contributed by atoms with E-state index in [0.717, 1.165) is 5.75 Å². The van der Waals surface area contributed by atoms with Crippen molar-refractivity contribution in [3.63, 3.8) is 0 Å². The minimum absolute atomic E-state index is 0. The molecule has 0 saturated heterocycles. The van der Waals surface area contributed by atoms with Gasteiger partial charge in [0, 0.05) is 17.4 Å². The van der Waals surface area contributed by atoms with Crippen LogP contribution in [0, 0.1) is 0 Å². The Hall–Kier alpha value is 0.170. The molecular formula is C12H17NaO6S2. The van der Waals surface area contributed by atoms with Crippen LogP contribution in [0.3, 0.4) is 0 Å². The molecule has 6 nitrogen and oxygen atoms in total. The zero-order valence-corrected chi connectivity index (χ0v) is 15.7. The fourth-order valence-corrected chi connectivity index (χ4v) is 3.39. The van der Waals surface area contributed by atoms with Gasteiger partial charge < -0.3 is 18.8 Å². The van der Waals surface area contributed by atoms with E-state index in [1.807, 2.05) is 10.8 Å². The van der Waals surface area contributed by atoms with E-state index in [1.54, 1.807) is 6.92 Å². The summed E-state index contributed by atoms with van der Waals surface area (Å²) in [7, 11) is -4.24. The summed E-state index contributed by atoms with van der Waals surface area (Å²) < 4.78 is 49.3. The van der Waals surface area contributed by atoms with E-state index in [1.165, 1.54) is 11.3 Å². The van der Waals surface area contributed by atoms with Gasteiger partial charge in [-0.05, 0) is 12.8 Å². The second-order valence-corrected chi connectivity index (χ2v) is 6.93. The molecule has 0 aromatic carbocycles. The smallest absolute Gasteiger partial charge is 0.748 e. The molecule has 1 aromatic heterocycles. The predicted molar refractivity (Wildman–Crippen MR) is 73.4 cm³/mol. The molecule has 0 fully saturated rings. The summed E-state index contributed by atoms with van der Waals surface area (Å²) in [6, 6.07) is 0. The number of hydrogen-bond donors (Lipinski definition) is 0. The van der Waals surface area contributed by atoms with Crippen molar-refractivity contribution >= 4 is 21.5 Å². The molecule has 0 radical (unpaired) electrons. The summed E-state index contributed by atoms with van der Waals surface area (Å²) in [5.74, 6) is 1.46. The molecule has 1 aromatic rings. The first kappa shape index (κ1) is 19.2. The van der Waals surface area contributed by atoms with Crippen LogP contribution in [-0.4, -0.2) is 44.1 Å². The topological polar surface area (TPSA) is 84.9 Å². The van der Waals surface area contributed by atoms with Crippen LogP contribution in [0.5, 0.6) is 11.5 Å². The fraction of sp³-hybridized carbons (Fsp3) is 0.667. The maximum absolute atomic E-state index is 10.9. The molecule has 2 unspecified atom stereocenters. The molecule has 114 valence electrons. The first-order chi connectivity index (χ1) is 9.50. The van der Waals surface area contributed by atoms with Crippen molar-refractivity contribution in [1.82, 2.24) is 0 Å². The van der Waals surface area contributed by atoms with Crippen molar-refractivity contribution in [2.75, 3.05) is 19.8 Å². The molecule has 21 heavy (non-hydrogen) atoms. The summed E-state index contributed by atoms with van der Waals surface area (Å²) in [5.41, 5.74) is 0. The quantitative estimate of drug-likeness (QED) is 0.344. The van der Waals surface area contributed by atoms with E-state index < -0.39 is 15.4 Å². The van der Waals surface area contributed by atoms with E-state index in [-0.39, 0.29) is 48.7 Å². The van der Waals surface area contributed by atoms with Gasteiger partial charge >= 0.3 is 29.6 Å². The molecule has 0 aliphatic carbocycles. The van der Waals surface area contributed by atoms with Gasteiger partial charge in [-0.3, -0.25) is 0 Å². The average Bonchev–Trinajstić information content (AvgIpc) is 2.84. The van der Waals surface area contributed by atoms with Gasteiger partial charge in [-0.1, -0.05) is 6.92 Å². The first-order valence-corrected chi connectivity index (χ1v) is 8.80. The van der Waals surface area contributed by atoms with Gasteiger partial charge in [-0.15, -0.1) is 11.3 Å². The molecule has 0 saturated carbocycles. The molecule has 9 heteroatoms. The number of thiophene rings is 1. The van der Waals surface area contributed by atoms with Gasteiger partial charge in [0.1, 0.15) is 6.61 Å². The van der Waals surface area contributed by atoms with Crippen molar-refractivity contribution in [3.8, 4) is 11.5 Å². The van der Waals surface area contributed by atoms with Crippen molar-refractivity contribution in [1.29, 1.82) is 0 Å². The van der Waals surface area contributed by atoms with Gasteiger partial charge in [-0.25, -0.2) is 8.42 Å². The van der Waals surface area contributed by atoms with Gasteiger partial charge in [0.15, 0.2) is 17.6 Å². The van der Waals surface area contributed by atoms with Gasteiger partial charge in [-0.2, -0.15) is 0 Å². The third-order valence-electron chi connectivity index (χ3n) is 3.06. The largest absolute Gasteiger partial charge is 1.00 e. The second kappa shape index (κ2) is 8.71. The Morgan fingerprint density at radius 1 is 1.48 bits per heavy atom. The Morgan fingerprint density at radius 2 is 2.19 bits per heavy atom. The monoisotopic (exact) mass is 344 g/mol. The third kappa shape index (κ3) is 5.70. The van der Waals surface area contributed by atoms with Crippen molar-refractivity contribution in [2.24, 2.45) is 0 Å². The van der Waals surface area contributed by atoms with E-state index in [9.17, 15) is 13.0 Å². The Balaban J connectivity index is 0.00000220. The van der Waals surface area contributed by atoms with Gasteiger partial charge in [0.2, 0.25) is 0 Å². The van der Waals surface area contributed by atoms with Crippen molar-refractivity contribution in [2.45, 2.75) is 31.1 Å². The molecule has 2 atom stereocenters. The van der Waals surface area contributed by atoms with Gasteiger partial charge in [0.25, 0.3) is 0 Å². The van der Waals surface area contributed by atoms with E-state index in [4.69, 9.17) is 14.2 Å². The molecule has 0 amide bonds. The number of rotatable bonds is 7. The third-order valence-corrected chi connectivity index (χ3v) is 5.15. The molecule has 0 bridgehead atoms. The van der Waals surface area contributed by atoms with Gasteiger partial charge in [0.05, 0.1) is 22.0 Å². The van der Waals surface area contributed by atoms with Crippen LogP contribution in [-0.2, 0) is 14.9 Å². The standard InChI is InChI=1S/C12H18O6S2.Na/c1-2-10(20(13,14)15)3-4-16-5-9-6-17-11-7-19-8-12(11)18-9;/h7-10H,2-6H2,1H3,(H,13,14,15);/q;+1/p-1. The Bertz CT molecular complexity index is 530. The molecule has 1 aliphatic heterocycles. The van der Waals surface area contributed by atoms with E-state index >= 15 is 0 Å². The Morgan fingerprint density at radius 3 is 2.86 bits per heavy atom. The minimum atomic E-state index is -4.24. The van der Waals surface area contributed by atoms with Crippen LogP contribution in [0.4, 0.5) is 0 Å². The van der Waals surface area contributed by atoms with Crippen LogP contribution < -0.4 is 39.0 Å². The second-order valence-electron chi connectivity index (χ2n) is 4.54. The summed E-state index contributed by atoms with van der Waals surface area (Å²) in [5, 5.41) is 2.85. The first-order valence-electron chi connectivity index (χ1n) is 6.38. The maximum Gasteiger partial charge on any atom is 1.00 e. The normalized spacial score (nSPS) is 18.9. The number of ether oxygens (including phenoxy) is 3. The van der Waals surface area contributed by atoms with Crippen LogP contribution in [0.1, 0.15) is 19.8 Å². The Kier molecular flexibility index (Phi) is 7.97. The fourth-order valence-electron chi connectivity index (χ4n) is 1.93. The number of fused-ring (bicyclic) bond motifs is 1. The Labute approximate surface area is 150 Å². The molecule has 2 rings (SSSR count). The average molecular weight is 344 g/mol. The van der Waals surface area contributed by atoms with Crippen LogP contribution in [0.25, 0.3) is 0 Å². The van der Waals surface area contributed by atoms with Crippen LogP contribution >= 0.6 is 11.3 Å². The van der Waals surface area contributed by atoms with Crippen LogP contribution in [0.2, 0.25) is 0 Å². The van der Waals surface area contributed by atoms with Crippen LogP contribution in [0.15, 0.2) is 10.8 Å². The number of hydrogen-bond acceptors (Lipinski definition) is 7. The molecule has 2 heterocycles. The summed E-state index contributed by atoms with van der Waals surface area (Å²) in [4.78, 5) is 0. The molecule has 0 spiro atoms. The molecule has 1 aliphatic rings.